The van der Waals surface area contributed by atoms with Crippen LogP contribution in [0, 0.1) is 13.8 Å². The average molecular weight is 228 g/mol. The molecule has 0 saturated heterocycles. The highest BCUT2D eigenvalue weighted by atomic mass is 16.5. The molecule has 2 aromatic rings. The molecule has 1 nitrogen and oxygen atoms in total. The molecule has 0 aliphatic carbocycles. The predicted molar refractivity (Wildman–Crippen MR) is 74.1 cm³/mol. The topological polar surface area (TPSA) is 9.23 Å². The summed E-state index contributed by atoms with van der Waals surface area (Å²) >= 11 is 0. The minimum Gasteiger partial charge on any atom is -0.496 e. The van der Waals surface area contributed by atoms with Gasteiger partial charge in [0, 0.05) is 0 Å². The number of fused-ring (bicyclic) bond motifs is 1. The van der Waals surface area contributed by atoms with E-state index in [1.165, 1.54) is 27.5 Å². The Morgan fingerprint density at radius 1 is 0.941 bits per heavy atom. The lowest BCUT2D eigenvalue weighted by atomic mass is 9.92. The zero-order valence-electron chi connectivity index (χ0n) is 11.3. The van der Waals surface area contributed by atoms with E-state index in [2.05, 4.69) is 52.0 Å². The lowest BCUT2D eigenvalue weighted by molar-refractivity contribution is 0.412. The van der Waals surface area contributed by atoms with Crippen molar-refractivity contribution in [1.29, 1.82) is 0 Å². The van der Waals surface area contributed by atoms with Gasteiger partial charge in [0.25, 0.3) is 0 Å². The second-order valence-electron chi connectivity index (χ2n) is 4.99. The van der Waals surface area contributed by atoms with Crippen molar-refractivity contribution < 1.29 is 4.74 Å². The Labute approximate surface area is 103 Å². The summed E-state index contributed by atoms with van der Waals surface area (Å²) in [7, 11) is 1.73. The van der Waals surface area contributed by atoms with Crippen molar-refractivity contribution in [3.63, 3.8) is 0 Å². The molecule has 0 N–H and O–H groups in total. The summed E-state index contributed by atoms with van der Waals surface area (Å²) in [6.07, 6.45) is 0. The van der Waals surface area contributed by atoms with Crippen molar-refractivity contribution in [2.24, 2.45) is 0 Å². The monoisotopic (exact) mass is 228 g/mol. The standard InChI is InChI=1S/C16H20O/c1-10(2)13-7-6-11(3)14-9-16(17-5)12(4)8-15(13)14/h6-10H,1-5H3. The molecular weight excluding hydrogens is 208 g/mol. The van der Waals surface area contributed by atoms with Crippen LogP contribution in [-0.4, -0.2) is 7.11 Å². The van der Waals surface area contributed by atoms with Gasteiger partial charge in [0.2, 0.25) is 0 Å². The fraction of sp³-hybridized carbons (Fsp3) is 0.375. The molecule has 17 heavy (non-hydrogen) atoms. The summed E-state index contributed by atoms with van der Waals surface area (Å²) < 4.78 is 5.41. The predicted octanol–water partition coefficient (Wildman–Crippen LogP) is 4.59. The van der Waals surface area contributed by atoms with E-state index in [4.69, 9.17) is 4.74 Å². The van der Waals surface area contributed by atoms with Gasteiger partial charge in [0.05, 0.1) is 7.11 Å². The van der Waals surface area contributed by atoms with E-state index in [1.807, 2.05) is 0 Å². The summed E-state index contributed by atoms with van der Waals surface area (Å²) in [6, 6.07) is 8.85. The summed E-state index contributed by atoms with van der Waals surface area (Å²) in [5.41, 5.74) is 3.92. The molecule has 0 bridgehead atoms. The van der Waals surface area contributed by atoms with Gasteiger partial charge in [-0.3, -0.25) is 0 Å². The highest BCUT2D eigenvalue weighted by Crippen LogP contribution is 2.32. The quantitative estimate of drug-likeness (QED) is 0.730. The Bertz CT molecular complexity index is 553. The van der Waals surface area contributed by atoms with Crippen molar-refractivity contribution in [2.75, 3.05) is 7.11 Å². The lowest BCUT2D eigenvalue weighted by Crippen LogP contribution is -1.94. The third-order valence-corrected chi connectivity index (χ3v) is 3.41. The lowest BCUT2D eigenvalue weighted by Gasteiger charge is -2.14. The number of rotatable bonds is 2. The minimum absolute atomic E-state index is 0.547. The van der Waals surface area contributed by atoms with Gasteiger partial charge in [-0.15, -0.1) is 0 Å². The van der Waals surface area contributed by atoms with Crippen LogP contribution >= 0.6 is 0 Å². The Balaban J connectivity index is 2.83. The molecule has 0 aliphatic rings. The first kappa shape index (κ1) is 12.0. The maximum absolute atomic E-state index is 5.41. The molecule has 0 unspecified atom stereocenters. The second kappa shape index (κ2) is 4.40. The van der Waals surface area contributed by atoms with Crippen LogP contribution in [0.25, 0.3) is 10.8 Å². The van der Waals surface area contributed by atoms with Crippen molar-refractivity contribution >= 4 is 10.8 Å². The zero-order chi connectivity index (χ0) is 12.6. The molecule has 0 radical (unpaired) electrons. The van der Waals surface area contributed by atoms with E-state index >= 15 is 0 Å². The molecule has 1 heteroatoms. The zero-order valence-corrected chi connectivity index (χ0v) is 11.3. The summed E-state index contributed by atoms with van der Waals surface area (Å²) in [6.45, 7) is 8.74. The molecular formula is C16H20O. The maximum atomic E-state index is 5.41. The highest BCUT2D eigenvalue weighted by molar-refractivity contribution is 5.91. The number of hydrogen-bond donors (Lipinski definition) is 0. The summed E-state index contributed by atoms with van der Waals surface area (Å²) in [5.74, 6) is 1.52. The van der Waals surface area contributed by atoms with Crippen LogP contribution in [0.3, 0.4) is 0 Å². The van der Waals surface area contributed by atoms with E-state index in [9.17, 15) is 0 Å². The van der Waals surface area contributed by atoms with Gasteiger partial charge in [-0.1, -0.05) is 26.0 Å². The van der Waals surface area contributed by atoms with Gasteiger partial charge in [0.1, 0.15) is 5.75 Å². The van der Waals surface area contributed by atoms with Crippen molar-refractivity contribution in [2.45, 2.75) is 33.6 Å². The van der Waals surface area contributed by atoms with Gasteiger partial charge in [-0.25, -0.2) is 0 Å². The normalized spacial score (nSPS) is 11.2. The molecule has 0 fully saturated rings. The number of aryl methyl sites for hydroxylation is 2. The summed E-state index contributed by atoms with van der Waals surface area (Å²) in [5, 5.41) is 2.66. The Hall–Kier alpha value is -1.50. The van der Waals surface area contributed by atoms with Crippen molar-refractivity contribution in [3.05, 3.63) is 41.0 Å². The van der Waals surface area contributed by atoms with Gasteiger partial charge in [0.15, 0.2) is 0 Å². The van der Waals surface area contributed by atoms with Crippen LogP contribution in [0.5, 0.6) is 5.75 Å². The van der Waals surface area contributed by atoms with E-state index in [-0.39, 0.29) is 0 Å². The Kier molecular flexibility index (Phi) is 3.10. The van der Waals surface area contributed by atoms with Crippen molar-refractivity contribution in [1.82, 2.24) is 0 Å². The van der Waals surface area contributed by atoms with Gasteiger partial charge < -0.3 is 4.74 Å². The molecule has 0 atom stereocenters. The molecule has 0 aromatic heterocycles. The second-order valence-corrected chi connectivity index (χ2v) is 4.99. The van der Waals surface area contributed by atoms with Gasteiger partial charge in [-0.2, -0.15) is 0 Å². The first-order valence-electron chi connectivity index (χ1n) is 6.12. The first-order valence-corrected chi connectivity index (χ1v) is 6.12. The first-order chi connectivity index (χ1) is 8.04. The van der Waals surface area contributed by atoms with Crippen LogP contribution in [0.15, 0.2) is 24.3 Å². The van der Waals surface area contributed by atoms with E-state index in [0.29, 0.717) is 5.92 Å². The fourth-order valence-electron chi connectivity index (χ4n) is 2.37. The molecule has 90 valence electrons. The number of ether oxygens (including phenoxy) is 1. The SMILES string of the molecule is COc1cc2c(C)ccc(C(C)C)c2cc1C. The van der Waals surface area contributed by atoms with Crippen LogP contribution < -0.4 is 4.74 Å². The van der Waals surface area contributed by atoms with Crippen molar-refractivity contribution in [3.8, 4) is 5.75 Å². The number of methoxy groups -OCH3 is 1. The third kappa shape index (κ3) is 2.02. The Morgan fingerprint density at radius 2 is 1.65 bits per heavy atom. The number of benzene rings is 2. The molecule has 0 amide bonds. The molecule has 0 spiro atoms. The van der Waals surface area contributed by atoms with Crippen LogP contribution in [0.2, 0.25) is 0 Å². The molecule has 0 heterocycles. The van der Waals surface area contributed by atoms with Gasteiger partial charge >= 0.3 is 0 Å². The number of hydrogen-bond acceptors (Lipinski definition) is 1. The molecule has 0 aliphatic heterocycles. The molecule has 0 saturated carbocycles. The van der Waals surface area contributed by atoms with E-state index < -0.39 is 0 Å². The Morgan fingerprint density at radius 3 is 2.24 bits per heavy atom. The minimum atomic E-state index is 0.547. The molecule has 2 aromatic carbocycles. The smallest absolute Gasteiger partial charge is 0.122 e. The van der Waals surface area contributed by atoms with E-state index in [1.54, 1.807) is 7.11 Å². The van der Waals surface area contributed by atoms with Crippen LogP contribution in [0.1, 0.15) is 36.5 Å². The summed E-state index contributed by atoms with van der Waals surface area (Å²) in [4.78, 5) is 0. The van der Waals surface area contributed by atoms with Gasteiger partial charge in [-0.05, 0) is 59.4 Å². The maximum Gasteiger partial charge on any atom is 0.122 e. The largest absolute Gasteiger partial charge is 0.496 e. The van der Waals surface area contributed by atoms with Crippen LogP contribution in [-0.2, 0) is 0 Å². The average Bonchev–Trinajstić information content (AvgIpc) is 2.28. The fourth-order valence-corrected chi connectivity index (χ4v) is 2.37. The van der Waals surface area contributed by atoms with E-state index in [0.717, 1.165) is 5.75 Å². The third-order valence-electron chi connectivity index (χ3n) is 3.41. The molecule has 2 rings (SSSR count). The van der Waals surface area contributed by atoms with Crippen LogP contribution in [0.4, 0.5) is 0 Å². The highest BCUT2D eigenvalue weighted by Gasteiger charge is 2.09.